The molecule has 0 unspecified atom stereocenters. The average molecular weight is 397 g/mol. The van der Waals surface area contributed by atoms with E-state index in [2.05, 4.69) is 0 Å². The molecule has 1 heterocycles. The normalized spacial score (nSPS) is 26.2. The first kappa shape index (κ1) is 24.5. The molecule has 28 heavy (non-hydrogen) atoms. The van der Waals surface area contributed by atoms with Crippen molar-refractivity contribution in [3.63, 3.8) is 0 Å². The fourth-order valence-electron chi connectivity index (χ4n) is 3.08. The standard InChI is InChI=1S/C22H36O6/c1-16(19(24)10-13-21(3,4)26)7-6-12-22(5)20(25)9-8-18(15-28-22)11-14-27-17(2)23/h10-11,13,16,20,25-26H,6-9,12,14-15H2,1-5H3/b13-10-,18-11+/t16-,20+,22-/m0/s1. The summed E-state index contributed by atoms with van der Waals surface area (Å²) in [6, 6.07) is 0. The number of carbonyl (C=O) groups excluding carboxylic acids is 2. The monoisotopic (exact) mass is 396 g/mol. The van der Waals surface area contributed by atoms with Crippen LogP contribution in [-0.2, 0) is 19.1 Å². The van der Waals surface area contributed by atoms with Gasteiger partial charge in [-0.1, -0.05) is 13.0 Å². The van der Waals surface area contributed by atoms with E-state index in [9.17, 15) is 19.8 Å². The Kier molecular flexibility index (Phi) is 9.54. The van der Waals surface area contributed by atoms with Crippen molar-refractivity contribution in [3.8, 4) is 0 Å². The Bertz CT molecular complexity index is 586. The van der Waals surface area contributed by atoms with Gasteiger partial charge in [-0.05, 0) is 70.6 Å². The Labute approximate surface area is 168 Å². The molecule has 1 aliphatic heterocycles. The fourth-order valence-corrected chi connectivity index (χ4v) is 3.08. The van der Waals surface area contributed by atoms with E-state index in [0.717, 1.165) is 12.0 Å². The van der Waals surface area contributed by atoms with Gasteiger partial charge >= 0.3 is 5.97 Å². The summed E-state index contributed by atoms with van der Waals surface area (Å²) in [5.41, 5.74) is -0.644. The molecule has 0 aromatic carbocycles. The van der Waals surface area contributed by atoms with Gasteiger partial charge in [-0.2, -0.15) is 0 Å². The summed E-state index contributed by atoms with van der Waals surface area (Å²) in [7, 11) is 0. The number of aliphatic hydroxyl groups excluding tert-OH is 1. The molecule has 1 rings (SSSR count). The molecule has 2 N–H and O–H groups in total. The third-order valence-electron chi connectivity index (χ3n) is 5.14. The first-order valence-electron chi connectivity index (χ1n) is 10.0. The summed E-state index contributed by atoms with van der Waals surface area (Å²) in [6.45, 7) is 9.03. The number of ether oxygens (including phenoxy) is 2. The predicted molar refractivity (Wildman–Crippen MR) is 108 cm³/mol. The second kappa shape index (κ2) is 10.9. The lowest BCUT2D eigenvalue weighted by Crippen LogP contribution is -2.41. The van der Waals surface area contributed by atoms with Crippen LogP contribution in [0.15, 0.2) is 23.8 Å². The van der Waals surface area contributed by atoms with Gasteiger partial charge in [0.05, 0.1) is 23.9 Å². The summed E-state index contributed by atoms with van der Waals surface area (Å²) in [5, 5.41) is 20.2. The molecular formula is C22H36O6. The highest BCUT2D eigenvalue weighted by Crippen LogP contribution is 2.31. The summed E-state index contributed by atoms with van der Waals surface area (Å²) >= 11 is 0. The molecule has 3 atom stereocenters. The lowest BCUT2D eigenvalue weighted by Gasteiger charge is -2.33. The van der Waals surface area contributed by atoms with Crippen molar-refractivity contribution < 1.29 is 29.3 Å². The first-order chi connectivity index (χ1) is 12.9. The number of rotatable bonds is 9. The molecular weight excluding hydrogens is 360 g/mol. The van der Waals surface area contributed by atoms with E-state index in [1.54, 1.807) is 13.8 Å². The summed E-state index contributed by atoms with van der Waals surface area (Å²) in [4.78, 5) is 23.0. The first-order valence-corrected chi connectivity index (χ1v) is 10.0. The van der Waals surface area contributed by atoms with Crippen molar-refractivity contribution in [2.75, 3.05) is 13.2 Å². The van der Waals surface area contributed by atoms with Crippen LogP contribution in [0.2, 0.25) is 0 Å². The van der Waals surface area contributed by atoms with Crippen molar-refractivity contribution in [2.45, 2.75) is 84.0 Å². The van der Waals surface area contributed by atoms with E-state index in [4.69, 9.17) is 9.47 Å². The van der Waals surface area contributed by atoms with Crippen LogP contribution in [0.4, 0.5) is 0 Å². The number of hydrogen-bond donors (Lipinski definition) is 2. The number of esters is 1. The van der Waals surface area contributed by atoms with E-state index in [-0.39, 0.29) is 24.3 Å². The maximum Gasteiger partial charge on any atom is 0.302 e. The number of ketones is 1. The van der Waals surface area contributed by atoms with Crippen molar-refractivity contribution in [3.05, 3.63) is 23.8 Å². The van der Waals surface area contributed by atoms with Crippen molar-refractivity contribution in [2.24, 2.45) is 5.92 Å². The minimum absolute atomic E-state index is 0.00898. The maximum atomic E-state index is 12.1. The highest BCUT2D eigenvalue weighted by atomic mass is 16.5. The van der Waals surface area contributed by atoms with Gasteiger partial charge in [0.25, 0.3) is 0 Å². The molecule has 6 heteroatoms. The zero-order valence-corrected chi connectivity index (χ0v) is 17.9. The highest BCUT2D eigenvalue weighted by Gasteiger charge is 2.36. The molecule has 0 saturated carbocycles. The minimum atomic E-state index is -0.998. The second-order valence-electron chi connectivity index (χ2n) is 8.50. The Morgan fingerprint density at radius 3 is 2.71 bits per heavy atom. The van der Waals surface area contributed by atoms with Gasteiger partial charge in [0.15, 0.2) is 5.78 Å². The van der Waals surface area contributed by atoms with Crippen LogP contribution >= 0.6 is 0 Å². The van der Waals surface area contributed by atoms with Crippen LogP contribution in [0.3, 0.4) is 0 Å². The van der Waals surface area contributed by atoms with Gasteiger partial charge in [0.1, 0.15) is 6.61 Å². The molecule has 0 spiro atoms. The molecule has 1 aliphatic rings. The predicted octanol–water partition coefficient (Wildman–Crippen LogP) is 3.11. The lowest BCUT2D eigenvalue weighted by molar-refractivity contribution is -0.139. The van der Waals surface area contributed by atoms with Crippen LogP contribution in [0.1, 0.15) is 66.7 Å². The summed E-state index contributed by atoms with van der Waals surface area (Å²) in [5.74, 6) is -0.480. The van der Waals surface area contributed by atoms with Gasteiger partial charge < -0.3 is 19.7 Å². The Balaban J connectivity index is 2.52. The largest absolute Gasteiger partial charge is 0.462 e. The molecule has 0 aromatic rings. The third-order valence-corrected chi connectivity index (χ3v) is 5.14. The van der Waals surface area contributed by atoms with Gasteiger partial charge in [0, 0.05) is 12.8 Å². The minimum Gasteiger partial charge on any atom is -0.462 e. The quantitative estimate of drug-likeness (QED) is 0.353. The van der Waals surface area contributed by atoms with Crippen molar-refractivity contribution in [1.29, 1.82) is 0 Å². The van der Waals surface area contributed by atoms with Crippen LogP contribution in [0.25, 0.3) is 0 Å². The van der Waals surface area contributed by atoms with E-state index in [1.807, 2.05) is 19.9 Å². The van der Waals surface area contributed by atoms with E-state index >= 15 is 0 Å². The second-order valence-corrected chi connectivity index (χ2v) is 8.50. The maximum absolute atomic E-state index is 12.1. The van der Waals surface area contributed by atoms with Crippen molar-refractivity contribution in [1.82, 2.24) is 0 Å². The van der Waals surface area contributed by atoms with Gasteiger partial charge in [-0.15, -0.1) is 0 Å². The highest BCUT2D eigenvalue weighted by molar-refractivity contribution is 5.91. The molecule has 1 fully saturated rings. The van der Waals surface area contributed by atoms with Crippen LogP contribution in [0.5, 0.6) is 0 Å². The number of allylic oxidation sites excluding steroid dienone is 1. The molecule has 0 bridgehead atoms. The number of hydrogen-bond acceptors (Lipinski definition) is 6. The number of carbonyl (C=O) groups is 2. The van der Waals surface area contributed by atoms with E-state index in [0.29, 0.717) is 32.3 Å². The Hall–Kier alpha value is -1.50. The Morgan fingerprint density at radius 2 is 2.11 bits per heavy atom. The van der Waals surface area contributed by atoms with Gasteiger partial charge in [0.2, 0.25) is 0 Å². The van der Waals surface area contributed by atoms with Crippen LogP contribution in [0, 0.1) is 5.92 Å². The molecule has 0 aliphatic carbocycles. The summed E-state index contributed by atoms with van der Waals surface area (Å²) < 4.78 is 10.9. The smallest absolute Gasteiger partial charge is 0.302 e. The molecule has 0 amide bonds. The van der Waals surface area contributed by atoms with Crippen molar-refractivity contribution >= 4 is 11.8 Å². The van der Waals surface area contributed by atoms with E-state index in [1.165, 1.54) is 19.1 Å². The van der Waals surface area contributed by atoms with Gasteiger partial charge in [-0.3, -0.25) is 9.59 Å². The Morgan fingerprint density at radius 1 is 1.43 bits per heavy atom. The fraction of sp³-hybridized carbons (Fsp3) is 0.727. The molecule has 0 aromatic heterocycles. The zero-order chi connectivity index (χ0) is 21.4. The van der Waals surface area contributed by atoms with Crippen LogP contribution in [-0.4, -0.2) is 52.5 Å². The molecule has 1 saturated heterocycles. The SMILES string of the molecule is CC(=O)OC/C=C1\CC[C@@H](O)[C@](C)(CCC[C@H](C)C(=O)/C=C\C(C)(C)O)OC1. The van der Waals surface area contributed by atoms with Gasteiger partial charge in [-0.25, -0.2) is 0 Å². The van der Waals surface area contributed by atoms with Crippen LogP contribution < -0.4 is 0 Å². The molecule has 0 radical (unpaired) electrons. The zero-order valence-electron chi connectivity index (χ0n) is 17.9. The molecule has 160 valence electrons. The topological polar surface area (TPSA) is 93.1 Å². The summed E-state index contributed by atoms with van der Waals surface area (Å²) in [6.07, 6.45) is 7.60. The number of aliphatic hydroxyl groups is 2. The van der Waals surface area contributed by atoms with E-state index < -0.39 is 17.3 Å². The molecule has 6 nitrogen and oxygen atoms in total. The lowest BCUT2D eigenvalue weighted by atomic mass is 9.87. The third kappa shape index (κ3) is 9.13. The average Bonchev–Trinajstić information content (AvgIpc) is 2.72.